The molecule has 2 aromatic heterocycles. The number of hydrogen-bond acceptors (Lipinski definition) is 4. The number of fused-ring (bicyclic) bond motifs is 1. The molecule has 1 aliphatic carbocycles. The summed E-state index contributed by atoms with van der Waals surface area (Å²) in [6, 6.07) is 2.28. The number of rotatable bonds is 5. The van der Waals surface area contributed by atoms with Crippen LogP contribution in [0.2, 0.25) is 0 Å². The first-order valence-electron chi connectivity index (χ1n) is 8.91. The molecule has 8 heteroatoms. The van der Waals surface area contributed by atoms with Gasteiger partial charge in [-0.15, -0.1) is 24.8 Å². The predicted octanol–water partition coefficient (Wildman–Crippen LogP) is 3.41. The van der Waals surface area contributed by atoms with E-state index in [2.05, 4.69) is 29.2 Å². The Morgan fingerprint density at radius 3 is 2.81 bits per heavy atom. The lowest BCUT2D eigenvalue weighted by atomic mass is 10.0. The van der Waals surface area contributed by atoms with E-state index >= 15 is 0 Å². The van der Waals surface area contributed by atoms with Gasteiger partial charge in [-0.2, -0.15) is 5.10 Å². The lowest BCUT2D eigenvalue weighted by molar-refractivity contribution is 0.0930. The molecule has 26 heavy (non-hydrogen) atoms. The fourth-order valence-electron chi connectivity index (χ4n) is 3.58. The summed E-state index contributed by atoms with van der Waals surface area (Å²) < 4.78 is 1.91. The number of carbonyl (C=O) groups excluding carboxylic acids is 1. The Balaban J connectivity index is 0.00000169. The molecular formula is C18H29Cl2N5O. The summed E-state index contributed by atoms with van der Waals surface area (Å²) in [6.07, 6.45) is 5.96. The van der Waals surface area contributed by atoms with Crippen LogP contribution in [0.3, 0.4) is 0 Å². The van der Waals surface area contributed by atoms with E-state index in [1.54, 1.807) is 6.20 Å². The van der Waals surface area contributed by atoms with Crippen molar-refractivity contribution in [3.8, 4) is 0 Å². The molecule has 3 rings (SSSR count). The fraction of sp³-hybridized carbons (Fsp3) is 0.611. The number of aryl methyl sites for hydroxylation is 1. The number of nitrogens with one attached hydrogen (secondary N) is 1. The number of nitrogens with two attached hydrogens (primary N) is 1. The van der Waals surface area contributed by atoms with Crippen LogP contribution in [0.5, 0.6) is 0 Å². The standard InChI is InChI=1S/C18H27N5O.2ClH/c1-4-12(3)23-17-15(10-20-23)14(8-11(2)21-17)18(24)22-16-7-5-6-13(16)9-19;;/h8,10,12-13,16H,4-7,9,19H2,1-3H3,(H,22,24);2*1H. The van der Waals surface area contributed by atoms with E-state index in [1.807, 2.05) is 17.7 Å². The molecule has 1 saturated carbocycles. The molecule has 1 fully saturated rings. The molecule has 0 saturated heterocycles. The third-order valence-electron chi connectivity index (χ3n) is 5.23. The quantitative estimate of drug-likeness (QED) is 0.803. The van der Waals surface area contributed by atoms with Crippen LogP contribution in [0, 0.1) is 12.8 Å². The van der Waals surface area contributed by atoms with Gasteiger partial charge >= 0.3 is 0 Å². The van der Waals surface area contributed by atoms with E-state index in [9.17, 15) is 4.79 Å². The highest BCUT2D eigenvalue weighted by molar-refractivity contribution is 6.05. The van der Waals surface area contributed by atoms with Crippen molar-refractivity contribution in [1.29, 1.82) is 0 Å². The summed E-state index contributed by atoms with van der Waals surface area (Å²) in [7, 11) is 0. The SMILES string of the molecule is CCC(C)n1ncc2c(C(=O)NC3CCCC3CN)cc(C)nc21.Cl.Cl. The molecule has 146 valence electrons. The molecule has 6 nitrogen and oxygen atoms in total. The minimum Gasteiger partial charge on any atom is -0.349 e. The van der Waals surface area contributed by atoms with Gasteiger partial charge in [0.1, 0.15) is 0 Å². The van der Waals surface area contributed by atoms with Gasteiger partial charge in [-0.3, -0.25) is 4.79 Å². The van der Waals surface area contributed by atoms with Gasteiger partial charge in [0, 0.05) is 11.7 Å². The number of amides is 1. The van der Waals surface area contributed by atoms with Crippen molar-refractivity contribution in [3.05, 3.63) is 23.5 Å². The molecule has 3 N–H and O–H groups in total. The number of hydrogen-bond donors (Lipinski definition) is 2. The second-order valence-electron chi connectivity index (χ2n) is 6.90. The third-order valence-corrected chi connectivity index (χ3v) is 5.23. The van der Waals surface area contributed by atoms with E-state index in [0.717, 1.165) is 42.4 Å². The van der Waals surface area contributed by atoms with Crippen molar-refractivity contribution in [1.82, 2.24) is 20.1 Å². The second kappa shape index (κ2) is 9.53. The average molecular weight is 402 g/mol. The summed E-state index contributed by atoms with van der Waals surface area (Å²) in [5.41, 5.74) is 8.11. The van der Waals surface area contributed by atoms with Gasteiger partial charge in [-0.25, -0.2) is 9.67 Å². The Kier molecular flexibility index (Phi) is 8.31. The van der Waals surface area contributed by atoms with Crippen LogP contribution >= 0.6 is 24.8 Å². The van der Waals surface area contributed by atoms with Crippen LogP contribution in [-0.2, 0) is 0 Å². The molecular weight excluding hydrogens is 373 g/mol. The van der Waals surface area contributed by atoms with Gasteiger partial charge < -0.3 is 11.1 Å². The van der Waals surface area contributed by atoms with E-state index < -0.39 is 0 Å². The van der Waals surface area contributed by atoms with Crippen LogP contribution < -0.4 is 11.1 Å². The van der Waals surface area contributed by atoms with E-state index in [-0.39, 0.29) is 42.8 Å². The number of carbonyl (C=O) groups is 1. The Morgan fingerprint density at radius 2 is 2.15 bits per heavy atom. The van der Waals surface area contributed by atoms with Crippen LogP contribution in [-0.4, -0.2) is 33.3 Å². The lowest BCUT2D eigenvalue weighted by Gasteiger charge is -2.20. The summed E-state index contributed by atoms with van der Waals surface area (Å²) in [6.45, 7) is 6.78. The predicted molar refractivity (Wildman–Crippen MR) is 109 cm³/mol. The van der Waals surface area contributed by atoms with E-state index in [1.165, 1.54) is 0 Å². The maximum atomic E-state index is 12.9. The molecule has 1 amide bonds. The lowest BCUT2D eigenvalue weighted by Crippen LogP contribution is -2.40. The third kappa shape index (κ3) is 4.30. The summed E-state index contributed by atoms with van der Waals surface area (Å²) in [4.78, 5) is 17.5. The highest BCUT2D eigenvalue weighted by Gasteiger charge is 2.28. The normalized spacial score (nSPS) is 20.3. The van der Waals surface area contributed by atoms with Crippen LogP contribution in [0.1, 0.15) is 61.6 Å². The Morgan fingerprint density at radius 1 is 1.42 bits per heavy atom. The first-order valence-corrected chi connectivity index (χ1v) is 8.91. The average Bonchev–Trinajstić information content (AvgIpc) is 3.19. The van der Waals surface area contributed by atoms with Crippen molar-refractivity contribution in [2.45, 2.75) is 58.5 Å². The Hall–Kier alpha value is -1.37. The van der Waals surface area contributed by atoms with Crippen molar-refractivity contribution < 1.29 is 4.79 Å². The van der Waals surface area contributed by atoms with Gasteiger partial charge in [0.2, 0.25) is 0 Å². The number of halogens is 2. The zero-order chi connectivity index (χ0) is 17.3. The van der Waals surface area contributed by atoms with Crippen molar-refractivity contribution in [2.75, 3.05) is 6.54 Å². The van der Waals surface area contributed by atoms with Gasteiger partial charge in [0.25, 0.3) is 5.91 Å². The first kappa shape index (κ1) is 22.7. The summed E-state index contributed by atoms with van der Waals surface area (Å²) in [5, 5.41) is 8.47. The van der Waals surface area contributed by atoms with Gasteiger partial charge in [-0.1, -0.05) is 13.3 Å². The van der Waals surface area contributed by atoms with Crippen LogP contribution in [0.25, 0.3) is 11.0 Å². The largest absolute Gasteiger partial charge is 0.349 e. The zero-order valence-electron chi connectivity index (χ0n) is 15.6. The molecule has 2 aromatic rings. The fourth-order valence-corrected chi connectivity index (χ4v) is 3.58. The highest BCUT2D eigenvalue weighted by atomic mass is 35.5. The molecule has 0 aromatic carbocycles. The molecule has 2 heterocycles. The number of nitrogens with zero attached hydrogens (tertiary/aromatic N) is 3. The minimum atomic E-state index is -0.0421. The topological polar surface area (TPSA) is 85.8 Å². The summed E-state index contributed by atoms with van der Waals surface area (Å²) in [5.74, 6) is 0.342. The molecule has 0 spiro atoms. The smallest absolute Gasteiger partial charge is 0.252 e. The zero-order valence-corrected chi connectivity index (χ0v) is 17.2. The van der Waals surface area contributed by atoms with Crippen LogP contribution in [0.4, 0.5) is 0 Å². The van der Waals surface area contributed by atoms with E-state index in [4.69, 9.17) is 5.73 Å². The molecule has 0 aliphatic heterocycles. The minimum absolute atomic E-state index is 0. The molecule has 3 atom stereocenters. The number of pyridine rings is 1. The molecule has 1 aliphatic rings. The maximum Gasteiger partial charge on any atom is 0.252 e. The maximum absolute atomic E-state index is 12.9. The Labute approximate surface area is 167 Å². The van der Waals surface area contributed by atoms with Crippen molar-refractivity contribution in [2.24, 2.45) is 11.7 Å². The van der Waals surface area contributed by atoms with Crippen LogP contribution in [0.15, 0.2) is 12.3 Å². The monoisotopic (exact) mass is 401 g/mol. The van der Waals surface area contributed by atoms with Crippen molar-refractivity contribution in [3.63, 3.8) is 0 Å². The van der Waals surface area contributed by atoms with E-state index in [0.29, 0.717) is 18.0 Å². The molecule has 0 radical (unpaired) electrons. The van der Waals surface area contributed by atoms with Gasteiger partial charge in [-0.05, 0) is 51.6 Å². The molecule has 0 bridgehead atoms. The highest BCUT2D eigenvalue weighted by Crippen LogP contribution is 2.26. The first-order chi connectivity index (χ1) is 11.5. The van der Waals surface area contributed by atoms with Crippen molar-refractivity contribution >= 4 is 41.8 Å². The second-order valence-corrected chi connectivity index (χ2v) is 6.90. The summed E-state index contributed by atoms with van der Waals surface area (Å²) >= 11 is 0. The van der Waals surface area contributed by atoms with Gasteiger partial charge in [0.15, 0.2) is 5.65 Å². The molecule has 3 unspecified atom stereocenters. The Bertz CT molecular complexity index is 749. The van der Waals surface area contributed by atoms with Gasteiger partial charge in [0.05, 0.1) is 23.2 Å². The number of aromatic nitrogens is 3.